The number of hydrogen-bond donors (Lipinski definition) is 1. The molecule has 1 N–H and O–H groups in total. The van der Waals surface area contributed by atoms with Crippen molar-refractivity contribution in [2.24, 2.45) is 0 Å². The Bertz CT molecular complexity index is 680. The van der Waals surface area contributed by atoms with Crippen LogP contribution in [0.3, 0.4) is 0 Å². The summed E-state index contributed by atoms with van der Waals surface area (Å²) in [6, 6.07) is 17.8. The topological polar surface area (TPSA) is 47.6 Å². The molecule has 1 aliphatic rings. The van der Waals surface area contributed by atoms with E-state index in [4.69, 9.17) is 9.47 Å². The lowest BCUT2D eigenvalue weighted by atomic mass is 9.64. The zero-order valence-electron chi connectivity index (χ0n) is 14.0. The van der Waals surface area contributed by atoms with Crippen LogP contribution in [0, 0.1) is 0 Å². The third-order valence-corrected chi connectivity index (χ3v) is 4.75. The monoisotopic (exact) mass is 325 g/mol. The molecule has 4 nitrogen and oxygen atoms in total. The Morgan fingerprint density at radius 1 is 1.04 bits per heavy atom. The first-order chi connectivity index (χ1) is 11.7. The molecule has 0 spiro atoms. The average molecular weight is 325 g/mol. The Morgan fingerprint density at radius 3 is 2.33 bits per heavy atom. The summed E-state index contributed by atoms with van der Waals surface area (Å²) >= 11 is 0. The predicted octanol–water partition coefficient (Wildman–Crippen LogP) is 3.31. The van der Waals surface area contributed by atoms with E-state index < -0.39 is 0 Å². The number of carbonyl (C=O) groups is 1. The van der Waals surface area contributed by atoms with Crippen LogP contribution in [0.4, 0.5) is 0 Å². The molecule has 0 radical (unpaired) electrons. The van der Waals surface area contributed by atoms with Gasteiger partial charge in [-0.3, -0.25) is 4.79 Å². The zero-order chi connectivity index (χ0) is 16.8. The van der Waals surface area contributed by atoms with E-state index in [0.29, 0.717) is 18.0 Å². The predicted molar refractivity (Wildman–Crippen MR) is 93.5 cm³/mol. The summed E-state index contributed by atoms with van der Waals surface area (Å²) in [5, 5.41) is 3.03. The fourth-order valence-electron chi connectivity index (χ4n) is 3.16. The molecule has 4 heteroatoms. The lowest BCUT2D eigenvalue weighted by Gasteiger charge is -2.42. The minimum absolute atomic E-state index is 0.00869. The number of rotatable bonds is 7. The fourth-order valence-corrected chi connectivity index (χ4v) is 3.16. The number of hydrogen-bond acceptors (Lipinski definition) is 3. The van der Waals surface area contributed by atoms with Gasteiger partial charge < -0.3 is 14.8 Å². The maximum Gasteiger partial charge on any atom is 0.257 e. The number of nitrogens with one attached hydrogen (secondary N) is 1. The maximum atomic E-state index is 12.2. The van der Waals surface area contributed by atoms with Crippen LogP contribution in [0.5, 0.6) is 11.5 Å². The molecule has 0 atom stereocenters. The molecule has 2 aromatic carbocycles. The number of para-hydroxylation sites is 2. The number of benzene rings is 2. The van der Waals surface area contributed by atoms with Gasteiger partial charge in [0, 0.05) is 12.0 Å². The Labute approximate surface area is 142 Å². The summed E-state index contributed by atoms with van der Waals surface area (Å²) in [5.74, 6) is 1.10. The van der Waals surface area contributed by atoms with Crippen molar-refractivity contribution in [3.8, 4) is 11.5 Å². The molecule has 126 valence electrons. The molecule has 0 bridgehead atoms. The zero-order valence-corrected chi connectivity index (χ0v) is 14.0. The van der Waals surface area contributed by atoms with Crippen molar-refractivity contribution in [3.05, 3.63) is 60.2 Å². The first-order valence-corrected chi connectivity index (χ1v) is 8.32. The highest BCUT2D eigenvalue weighted by Crippen LogP contribution is 2.43. The fraction of sp³-hybridized carbons (Fsp3) is 0.350. The molecule has 0 aliphatic heterocycles. The Hall–Kier alpha value is -2.49. The van der Waals surface area contributed by atoms with E-state index >= 15 is 0 Å². The third-order valence-electron chi connectivity index (χ3n) is 4.75. The van der Waals surface area contributed by atoms with E-state index in [1.165, 1.54) is 12.0 Å². The van der Waals surface area contributed by atoms with Crippen molar-refractivity contribution in [1.82, 2.24) is 5.32 Å². The molecule has 0 heterocycles. The molecule has 2 aromatic rings. The molecule has 1 fully saturated rings. The van der Waals surface area contributed by atoms with Crippen LogP contribution in [-0.4, -0.2) is 26.2 Å². The van der Waals surface area contributed by atoms with Crippen molar-refractivity contribution < 1.29 is 14.3 Å². The van der Waals surface area contributed by atoms with Crippen LogP contribution in [0.25, 0.3) is 0 Å². The first kappa shape index (κ1) is 16.4. The van der Waals surface area contributed by atoms with Gasteiger partial charge in [0.25, 0.3) is 5.91 Å². The second-order valence-corrected chi connectivity index (χ2v) is 6.22. The number of amides is 1. The standard InChI is InChI=1S/C20H23NO3/c1-23-17-10-5-6-11-18(17)24-14-19(22)21-15-20(12-7-13-20)16-8-3-2-4-9-16/h2-6,8-11H,7,12-15H2,1H3,(H,21,22). The summed E-state index contributed by atoms with van der Waals surface area (Å²) in [7, 11) is 1.59. The summed E-state index contributed by atoms with van der Waals surface area (Å²) in [6.07, 6.45) is 3.44. The molecule has 1 saturated carbocycles. The van der Waals surface area contributed by atoms with Crippen LogP contribution in [0.2, 0.25) is 0 Å². The summed E-state index contributed by atoms with van der Waals surface area (Å²) in [6.45, 7) is 0.649. The minimum Gasteiger partial charge on any atom is -0.493 e. The summed E-state index contributed by atoms with van der Waals surface area (Å²) in [4.78, 5) is 12.2. The molecule has 0 unspecified atom stereocenters. The van der Waals surface area contributed by atoms with Crippen molar-refractivity contribution >= 4 is 5.91 Å². The maximum absolute atomic E-state index is 12.2. The van der Waals surface area contributed by atoms with Gasteiger partial charge in [-0.1, -0.05) is 48.9 Å². The highest BCUT2D eigenvalue weighted by Gasteiger charge is 2.38. The van der Waals surface area contributed by atoms with Crippen LogP contribution >= 0.6 is 0 Å². The molecule has 24 heavy (non-hydrogen) atoms. The second kappa shape index (κ2) is 7.39. The quantitative estimate of drug-likeness (QED) is 0.849. The Kier molecular flexibility index (Phi) is 5.04. The summed E-state index contributed by atoms with van der Waals surface area (Å²) < 4.78 is 10.8. The van der Waals surface area contributed by atoms with Gasteiger partial charge in [-0.25, -0.2) is 0 Å². The van der Waals surface area contributed by atoms with E-state index in [2.05, 4.69) is 29.6 Å². The molecular formula is C20H23NO3. The van der Waals surface area contributed by atoms with Gasteiger partial charge in [0.1, 0.15) is 0 Å². The molecule has 1 aliphatic carbocycles. The summed E-state index contributed by atoms with van der Waals surface area (Å²) in [5.41, 5.74) is 1.39. The third kappa shape index (κ3) is 3.53. The van der Waals surface area contributed by atoms with Crippen LogP contribution in [-0.2, 0) is 10.2 Å². The smallest absolute Gasteiger partial charge is 0.257 e. The van der Waals surface area contributed by atoms with Crippen molar-refractivity contribution in [1.29, 1.82) is 0 Å². The van der Waals surface area contributed by atoms with Gasteiger partial charge in [-0.15, -0.1) is 0 Å². The number of ether oxygens (including phenoxy) is 2. The Morgan fingerprint density at radius 2 is 1.71 bits per heavy atom. The highest BCUT2D eigenvalue weighted by molar-refractivity contribution is 5.77. The van der Waals surface area contributed by atoms with Gasteiger partial charge in [-0.05, 0) is 30.5 Å². The average Bonchev–Trinajstić information content (AvgIpc) is 2.60. The van der Waals surface area contributed by atoms with Gasteiger partial charge in [0.15, 0.2) is 18.1 Å². The van der Waals surface area contributed by atoms with E-state index in [0.717, 1.165) is 12.8 Å². The Balaban J connectivity index is 1.54. The van der Waals surface area contributed by atoms with Crippen molar-refractivity contribution in [3.63, 3.8) is 0 Å². The van der Waals surface area contributed by atoms with Crippen LogP contribution in [0.1, 0.15) is 24.8 Å². The van der Waals surface area contributed by atoms with E-state index in [1.807, 2.05) is 24.3 Å². The second-order valence-electron chi connectivity index (χ2n) is 6.22. The normalized spacial score (nSPS) is 15.2. The lowest BCUT2D eigenvalue weighted by molar-refractivity contribution is -0.123. The lowest BCUT2D eigenvalue weighted by Crippen LogP contribution is -2.46. The van der Waals surface area contributed by atoms with Gasteiger partial charge in [0.05, 0.1) is 7.11 Å². The van der Waals surface area contributed by atoms with Gasteiger partial charge >= 0.3 is 0 Å². The van der Waals surface area contributed by atoms with Crippen molar-refractivity contribution in [2.45, 2.75) is 24.7 Å². The van der Waals surface area contributed by atoms with E-state index in [-0.39, 0.29) is 17.9 Å². The molecule has 0 saturated heterocycles. The van der Waals surface area contributed by atoms with E-state index in [1.54, 1.807) is 13.2 Å². The van der Waals surface area contributed by atoms with Crippen molar-refractivity contribution in [2.75, 3.05) is 20.3 Å². The largest absolute Gasteiger partial charge is 0.493 e. The molecule has 1 amide bonds. The number of methoxy groups -OCH3 is 1. The SMILES string of the molecule is COc1ccccc1OCC(=O)NCC1(c2ccccc2)CCC1. The van der Waals surface area contributed by atoms with Crippen LogP contribution < -0.4 is 14.8 Å². The molecule has 3 rings (SSSR count). The highest BCUT2D eigenvalue weighted by atomic mass is 16.5. The number of carbonyl (C=O) groups excluding carboxylic acids is 1. The van der Waals surface area contributed by atoms with Gasteiger partial charge in [0.2, 0.25) is 0 Å². The van der Waals surface area contributed by atoms with E-state index in [9.17, 15) is 4.79 Å². The minimum atomic E-state index is -0.108. The van der Waals surface area contributed by atoms with Gasteiger partial charge in [-0.2, -0.15) is 0 Å². The molecule has 0 aromatic heterocycles. The molecular weight excluding hydrogens is 302 g/mol. The first-order valence-electron chi connectivity index (χ1n) is 8.32. The van der Waals surface area contributed by atoms with Crippen LogP contribution in [0.15, 0.2) is 54.6 Å².